The number of hydrogen-bond donors (Lipinski definition) is 0. The van der Waals surface area contributed by atoms with Gasteiger partial charge in [-0.3, -0.25) is 0 Å². The van der Waals surface area contributed by atoms with Crippen molar-refractivity contribution in [3.05, 3.63) is 0 Å². The van der Waals surface area contributed by atoms with Crippen molar-refractivity contribution in [3.63, 3.8) is 0 Å². The molecule has 0 aromatic carbocycles. The molecule has 0 spiro atoms. The number of hydrogen-bond acceptors (Lipinski definition) is 2. The Hall–Kier alpha value is 0.137. The second kappa shape index (κ2) is 12.2. The molecule has 0 saturated heterocycles. The molecule has 0 atom stereocenters. The molecule has 0 aromatic rings. The minimum absolute atomic E-state index is 0.867. The van der Waals surface area contributed by atoms with Crippen LogP contribution in [0.4, 0.5) is 0 Å². The van der Waals surface area contributed by atoms with E-state index in [0.29, 0.717) is 0 Å². The van der Waals surface area contributed by atoms with Crippen molar-refractivity contribution < 1.29 is 8.85 Å². The standard InChI is InChI=1S/C12H27O2Si/c1-4-7-8-9-12-15(13-10-5-2)14-11-6-3/h4-12H2,1-3H3. The molecule has 0 aliphatic carbocycles. The molecule has 15 heavy (non-hydrogen) atoms. The van der Waals surface area contributed by atoms with E-state index in [2.05, 4.69) is 20.8 Å². The lowest BCUT2D eigenvalue weighted by Crippen LogP contribution is -2.23. The van der Waals surface area contributed by atoms with Crippen molar-refractivity contribution in [1.82, 2.24) is 0 Å². The van der Waals surface area contributed by atoms with Crippen LogP contribution in [0.15, 0.2) is 0 Å². The lowest BCUT2D eigenvalue weighted by atomic mass is 10.2. The summed E-state index contributed by atoms with van der Waals surface area (Å²) >= 11 is 0. The van der Waals surface area contributed by atoms with Gasteiger partial charge in [-0.2, -0.15) is 0 Å². The van der Waals surface area contributed by atoms with E-state index in [4.69, 9.17) is 8.85 Å². The molecule has 0 fully saturated rings. The summed E-state index contributed by atoms with van der Waals surface area (Å²) in [5, 5.41) is 0. The topological polar surface area (TPSA) is 18.5 Å². The van der Waals surface area contributed by atoms with Gasteiger partial charge in [0.05, 0.1) is 0 Å². The maximum atomic E-state index is 5.75. The summed E-state index contributed by atoms with van der Waals surface area (Å²) in [4.78, 5) is 0. The number of unbranched alkanes of at least 4 members (excludes halogenated alkanes) is 3. The Morgan fingerprint density at radius 1 is 0.733 bits per heavy atom. The third kappa shape index (κ3) is 10.4. The summed E-state index contributed by atoms with van der Waals surface area (Å²) in [6.45, 7) is 8.28. The molecule has 0 aliphatic rings. The van der Waals surface area contributed by atoms with E-state index in [1.807, 2.05) is 0 Å². The Morgan fingerprint density at radius 2 is 1.33 bits per heavy atom. The fourth-order valence-corrected chi connectivity index (χ4v) is 3.09. The molecule has 1 radical (unpaired) electrons. The molecule has 0 N–H and O–H groups in total. The molecule has 0 aromatic heterocycles. The van der Waals surface area contributed by atoms with Crippen LogP contribution in [0, 0.1) is 0 Å². The molecule has 0 amide bonds. The summed E-state index contributed by atoms with van der Waals surface area (Å²) in [6, 6.07) is 1.16. The van der Waals surface area contributed by atoms with Crippen molar-refractivity contribution in [2.75, 3.05) is 13.2 Å². The SMILES string of the molecule is CCCCCC[Si](OCCC)OCCC. The molecule has 2 nitrogen and oxygen atoms in total. The van der Waals surface area contributed by atoms with Gasteiger partial charge in [0.25, 0.3) is 0 Å². The average Bonchev–Trinajstić information content (AvgIpc) is 2.27. The summed E-state index contributed by atoms with van der Waals surface area (Å²) in [5.74, 6) is 0. The molecule has 3 heteroatoms. The fraction of sp³-hybridized carbons (Fsp3) is 1.00. The van der Waals surface area contributed by atoms with Gasteiger partial charge >= 0.3 is 9.28 Å². The normalized spacial score (nSPS) is 11.2. The van der Waals surface area contributed by atoms with Crippen molar-refractivity contribution in [2.45, 2.75) is 65.3 Å². The lowest BCUT2D eigenvalue weighted by molar-refractivity contribution is 0.195. The Morgan fingerprint density at radius 3 is 1.80 bits per heavy atom. The van der Waals surface area contributed by atoms with Crippen LogP contribution in [-0.4, -0.2) is 22.5 Å². The van der Waals surface area contributed by atoms with Crippen molar-refractivity contribution in [1.29, 1.82) is 0 Å². The molecule has 0 heterocycles. The zero-order valence-corrected chi connectivity index (χ0v) is 11.7. The van der Waals surface area contributed by atoms with Crippen LogP contribution in [0.2, 0.25) is 6.04 Å². The zero-order chi connectivity index (χ0) is 11.4. The van der Waals surface area contributed by atoms with Crippen LogP contribution in [0.3, 0.4) is 0 Å². The highest BCUT2D eigenvalue weighted by atomic mass is 28.3. The van der Waals surface area contributed by atoms with E-state index in [1.54, 1.807) is 0 Å². The highest BCUT2D eigenvalue weighted by molar-refractivity contribution is 6.44. The fourth-order valence-electron chi connectivity index (χ4n) is 1.31. The largest absolute Gasteiger partial charge is 0.393 e. The van der Waals surface area contributed by atoms with Crippen molar-refractivity contribution in [2.24, 2.45) is 0 Å². The predicted molar refractivity (Wildman–Crippen MR) is 67.2 cm³/mol. The van der Waals surface area contributed by atoms with Gasteiger partial charge in [-0.05, 0) is 18.9 Å². The van der Waals surface area contributed by atoms with E-state index < -0.39 is 9.28 Å². The van der Waals surface area contributed by atoms with E-state index in [-0.39, 0.29) is 0 Å². The van der Waals surface area contributed by atoms with Crippen LogP contribution in [0.1, 0.15) is 59.3 Å². The summed E-state index contributed by atoms with van der Waals surface area (Å²) in [5.41, 5.74) is 0. The van der Waals surface area contributed by atoms with Crippen LogP contribution >= 0.6 is 0 Å². The first-order chi connectivity index (χ1) is 7.35. The van der Waals surface area contributed by atoms with E-state index in [9.17, 15) is 0 Å². The average molecular weight is 231 g/mol. The van der Waals surface area contributed by atoms with E-state index in [0.717, 1.165) is 32.1 Å². The molecule has 0 bridgehead atoms. The van der Waals surface area contributed by atoms with Crippen molar-refractivity contribution in [3.8, 4) is 0 Å². The summed E-state index contributed by atoms with van der Waals surface area (Å²) < 4.78 is 11.5. The third-order valence-electron chi connectivity index (χ3n) is 2.17. The van der Waals surface area contributed by atoms with Crippen LogP contribution in [-0.2, 0) is 8.85 Å². The molecular weight excluding hydrogens is 204 g/mol. The van der Waals surface area contributed by atoms with Gasteiger partial charge in [-0.1, -0.05) is 46.5 Å². The molecule has 91 valence electrons. The van der Waals surface area contributed by atoms with Gasteiger partial charge < -0.3 is 8.85 Å². The van der Waals surface area contributed by atoms with E-state index in [1.165, 1.54) is 25.7 Å². The van der Waals surface area contributed by atoms with Crippen LogP contribution in [0.5, 0.6) is 0 Å². The number of rotatable bonds is 11. The second-order valence-electron chi connectivity index (χ2n) is 3.88. The van der Waals surface area contributed by atoms with Crippen LogP contribution < -0.4 is 0 Å². The Bertz CT molecular complexity index is 112. The van der Waals surface area contributed by atoms with Gasteiger partial charge in [0.1, 0.15) is 0 Å². The summed E-state index contributed by atoms with van der Waals surface area (Å²) in [6.07, 6.45) is 7.44. The molecule has 0 unspecified atom stereocenters. The highest BCUT2D eigenvalue weighted by Crippen LogP contribution is 2.08. The van der Waals surface area contributed by atoms with Gasteiger partial charge in [-0.15, -0.1) is 0 Å². The predicted octanol–water partition coefficient (Wildman–Crippen LogP) is 3.91. The van der Waals surface area contributed by atoms with Crippen molar-refractivity contribution >= 4 is 9.28 Å². The maximum Gasteiger partial charge on any atom is 0.384 e. The first kappa shape index (κ1) is 15.1. The first-order valence-electron chi connectivity index (χ1n) is 6.46. The third-order valence-corrected chi connectivity index (χ3v) is 3.98. The maximum absolute atomic E-state index is 5.75. The first-order valence-corrected chi connectivity index (χ1v) is 7.98. The molecule has 0 aliphatic heterocycles. The van der Waals surface area contributed by atoms with Gasteiger partial charge in [0.2, 0.25) is 0 Å². The van der Waals surface area contributed by atoms with Gasteiger partial charge in [0.15, 0.2) is 0 Å². The van der Waals surface area contributed by atoms with E-state index >= 15 is 0 Å². The highest BCUT2D eigenvalue weighted by Gasteiger charge is 2.14. The summed E-state index contributed by atoms with van der Waals surface area (Å²) in [7, 11) is -0.950. The Labute approximate surface area is 97.2 Å². The second-order valence-corrected chi connectivity index (χ2v) is 5.70. The Kier molecular flexibility index (Phi) is 12.3. The van der Waals surface area contributed by atoms with Gasteiger partial charge in [0, 0.05) is 13.2 Å². The Balaban J connectivity index is 3.49. The van der Waals surface area contributed by atoms with Crippen LogP contribution in [0.25, 0.3) is 0 Å². The molecule has 0 saturated carbocycles. The van der Waals surface area contributed by atoms with Gasteiger partial charge in [-0.25, -0.2) is 0 Å². The minimum atomic E-state index is -0.950. The quantitative estimate of drug-likeness (QED) is 0.396. The smallest absolute Gasteiger partial charge is 0.384 e. The minimum Gasteiger partial charge on any atom is -0.393 e. The molecule has 0 rings (SSSR count). The lowest BCUT2D eigenvalue weighted by Gasteiger charge is -2.14. The zero-order valence-electron chi connectivity index (χ0n) is 10.7. The molecular formula is C12H27O2Si. The monoisotopic (exact) mass is 231 g/mol.